The number of aromatic nitrogens is 1. The number of ether oxygens (including phenoxy) is 4. The molecule has 1 N–H and O–H groups in total. The summed E-state index contributed by atoms with van der Waals surface area (Å²) in [7, 11) is 0. The molecule has 1 saturated heterocycles. The average Bonchev–Trinajstić information content (AvgIpc) is 3.72. The molecule has 2 aliphatic heterocycles. The molecule has 0 spiro atoms. The third kappa shape index (κ3) is 6.18. The van der Waals surface area contributed by atoms with E-state index >= 15 is 0 Å². The lowest BCUT2D eigenvalue weighted by molar-refractivity contribution is -0.132. The summed E-state index contributed by atoms with van der Waals surface area (Å²) in [5.74, 6) is -1.10. The Balaban J connectivity index is 1.47. The number of esters is 1. The van der Waals surface area contributed by atoms with Crippen molar-refractivity contribution in [3.8, 4) is 17.2 Å². The van der Waals surface area contributed by atoms with Crippen LogP contribution in [0.2, 0.25) is 0 Å². The van der Waals surface area contributed by atoms with Crippen molar-refractivity contribution in [3.05, 3.63) is 105 Å². The number of Topliss-reactive ketones (excluding diaryl/α,β-unsaturated/α-hetero) is 1. The van der Waals surface area contributed by atoms with Gasteiger partial charge in [0.05, 0.1) is 30.5 Å². The molecule has 0 unspecified atom stereocenters. The van der Waals surface area contributed by atoms with Crippen LogP contribution in [0.1, 0.15) is 64.4 Å². The molecule has 2 atom stereocenters. The SMILES string of the molecule is CCOC(=O)c1sc(N2C(=O)C(=O)/C(=C(/O)c3ccc4c(c3)C[C@H](C)O4)[C@H]2c2ccc(OCc3ccccc3)c(OCC)c2)nc1C. The first kappa shape index (κ1) is 31.8. The Bertz CT molecular complexity index is 1880. The van der Waals surface area contributed by atoms with Gasteiger partial charge in [-0.3, -0.25) is 14.5 Å². The highest BCUT2D eigenvalue weighted by atomic mass is 32.1. The van der Waals surface area contributed by atoms with Crippen molar-refractivity contribution >= 4 is 39.9 Å². The van der Waals surface area contributed by atoms with Gasteiger partial charge in [0.25, 0.3) is 5.78 Å². The topological polar surface area (TPSA) is 124 Å². The fourth-order valence-corrected chi connectivity index (χ4v) is 6.75. The lowest BCUT2D eigenvalue weighted by Crippen LogP contribution is -2.29. The van der Waals surface area contributed by atoms with E-state index in [2.05, 4.69) is 4.98 Å². The second kappa shape index (κ2) is 13.3. The number of aliphatic hydroxyl groups excluding tert-OH is 1. The van der Waals surface area contributed by atoms with Gasteiger partial charge in [-0.05, 0) is 74.7 Å². The summed E-state index contributed by atoms with van der Waals surface area (Å²) in [4.78, 5) is 46.3. The maximum absolute atomic E-state index is 13.8. The monoisotopic (exact) mass is 654 g/mol. The number of fused-ring (bicyclic) bond motifs is 1. The van der Waals surface area contributed by atoms with Gasteiger partial charge in [-0.1, -0.05) is 47.7 Å². The number of hydrogen-bond acceptors (Lipinski definition) is 10. The minimum atomic E-state index is -1.10. The minimum Gasteiger partial charge on any atom is -0.507 e. The van der Waals surface area contributed by atoms with Gasteiger partial charge in [0.2, 0.25) is 0 Å². The highest BCUT2D eigenvalue weighted by Crippen LogP contribution is 2.46. The van der Waals surface area contributed by atoms with Gasteiger partial charge >= 0.3 is 11.9 Å². The zero-order chi connectivity index (χ0) is 33.2. The molecule has 11 heteroatoms. The lowest BCUT2D eigenvalue weighted by Gasteiger charge is -2.24. The van der Waals surface area contributed by atoms with Gasteiger partial charge in [0.1, 0.15) is 29.1 Å². The van der Waals surface area contributed by atoms with Gasteiger partial charge in [0.15, 0.2) is 16.6 Å². The molecule has 0 aliphatic carbocycles. The van der Waals surface area contributed by atoms with Crippen LogP contribution in [-0.4, -0.2) is 47.1 Å². The summed E-state index contributed by atoms with van der Waals surface area (Å²) in [5, 5.41) is 11.9. The number of ketones is 1. The number of carbonyl (C=O) groups is 3. The molecule has 47 heavy (non-hydrogen) atoms. The lowest BCUT2D eigenvalue weighted by atomic mass is 9.94. The van der Waals surface area contributed by atoms with Crippen LogP contribution in [0.25, 0.3) is 5.76 Å². The molecule has 3 aromatic carbocycles. The highest BCUT2D eigenvalue weighted by molar-refractivity contribution is 7.17. The number of rotatable bonds is 10. The zero-order valence-corrected chi connectivity index (χ0v) is 27.3. The first-order chi connectivity index (χ1) is 22.7. The van der Waals surface area contributed by atoms with E-state index in [9.17, 15) is 19.5 Å². The molecular formula is C36H34N2O8S. The fraction of sp³-hybridized carbons (Fsp3) is 0.278. The van der Waals surface area contributed by atoms with Gasteiger partial charge in [-0.15, -0.1) is 0 Å². The van der Waals surface area contributed by atoms with Crippen molar-refractivity contribution in [3.63, 3.8) is 0 Å². The summed E-state index contributed by atoms with van der Waals surface area (Å²) in [6.45, 7) is 7.92. The number of hydrogen-bond donors (Lipinski definition) is 1. The quantitative estimate of drug-likeness (QED) is 0.0877. The van der Waals surface area contributed by atoms with E-state index in [1.807, 2.05) is 44.2 Å². The maximum Gasteiger partial charge on any atom is 0.350 e. The molecule has 1 fully saturated rings. The molecule has 10 nitrogen and oxygen atoms in total. The van der Waals surface area contributed by atoms with Crippen molar-refractivity contribution in [1.82, 2.24) is 4.98 Å². The molecule has 4 aromatic rings. The van der Waals surface area contributed by atoms with Crippen molar-refractivity contribution in [2.75, 3.05) is 18.1 Å². The molecule has 242 valence electrons. The molecule has 1 amide bonds. The van der Waals surface area contributed by atoms with Crippen LogP contribution in [0.5, 0.6) is 17.2 Å². The van der Waals surface area contributed by atoms with Crippen LogP contribution in [0, 0.1) is 6.92 Å². The first-order valence-electron chi connectivity index (χ1n) is 15.4. The van der Waals surface area contributed by atoms with Gasteiger partial charge in [0, 0.05) is 12.0 Å². The number of aliphatic hydroxyl groups is 1. The number of aryl methyl sites for hydroxylation is 1. The van der Waals surface area contributed by atoms with Gasteiger partial charge in [-0.2, -0.15) is 0 Å². The number of thiazole rings is 1. The largest absolute Gasteiger partial charge is 0.507 e. The van der Waals surface area contributed by atoms with Crippen LogP contribution < -0.4 is 19.1 Å². The normalized spacial score (nSPS) is 18.2. The van der Waals surface area contributed by atoms with Crippen molar-refractivity contribution < 1.29 is 38.4 Å². The van der Waals surface area contributed by atoms with Crippen LogP contribution in [0.3, 0.4) is 0 Å². The average molecular weight is 655 g/mol. The van der Waals surface area contributed by atoms with Gasteiger partial charge < -0.3 is 24.1 Å². The Morgan fingerprint density at radius 2 is 1.81 bits per heavy atom. The minimum absolute atomic E-state index is 0.0191. The molecule has 1 aromatic heterocycles. The molecule has 0 saturated carbocycles. The van der Waals surface area contributed by atoms with E-state index in [0.717, 1.165) is 22.5 Å². The smallest absolute Gasteiger partial charge is 0.350 e. The molecule has 6 rings (SSSR count). The third-order valence-electron chi connectivity index (χ3n) is 7.89. The van der Waals surface area contributed by atoms with Crippen molar-refractivity contribution in [2.45, 2.75) is 52.9 Å². The third-order valence-corrected chi connectivity index (χ3v) is 9.02. The standard InChI is InChI=1S/C36H34N2O8S/c1-5-43-28-18-23(12-15-27(28)45-19-22-10-8-7-9-11-22)30-29(31(39)24-13-14-26-25(17-24)16-20(3)46-26)32(40)34(41)38(30)36-37-21(4)33(47-36)35(42)44-6-2/h7-15,17-18,20,30,39H,5-6,16,19H2,1-4H3/b31-29+/t20-,30+/m0/s1. The summed E-state index contributed by atoms with van der Waals surface area (Å²) >= 11 is 0.949. The molecule has 0 bridgehead atoms. The van der Waals surface area contributed by atoms with Gasteiger partial charge in [-0.25, -0.2) is 9.78 Å². The Kier molecular flexibility index (Phi) is 8.99. The Labute approximate surface area is 276 Å². The zero-order valence-electron chi connectivity index (χ0n) is 26.4. The van der Waals surface area contributed by atoms with E-state index in [0.29, 0.717) is 53.7 Å². The number of amides is 1. The predicted molar refractivity (Wildman–Crippen MR) is 176 cm³/mol. The Morgan fingerprint density at radius 1 is 1.02 bits per heavy atom. The summed E-state index contributed by atoms with van der Waals surface area (Å²) in [6, 6.07) is 18.9. The Morgan fingerprint density at radius 3 is 2.55 bits per heavy atom. The summed E-state index contributed by atoms with van der Waals surface area (Å²) < 4.78 is 23.1. The Hall–Kier alpha value is -5.16. The number of benzene rings is 3. The maximum atomic E-state index is 13.8. The fourth-order valence-electron chi connectivity index (χ4n) is 5.76. The molecule has 3 heterocycles. The summed E-state index contributed by atoms with van der Waals surface area (Å²) in [5.41, 5.74) is 2.95. The number of anilines is 1. The van der Waals surface area contributed by atoms with Crippen LogP contribution in [0.4, 0.5) is 5.13 Å². The van der Waals surface area contributed by atoms with Crippen molar-refractivity contribution in [1.29, 1.82) is 0 Å². The van der Waals surface area contributed by atoms with E-state index in [1.54, 1.807) is 50.2 Å². The summed E-state index contributed by atoms with van der Waals surface area (Å²) in [6.07, 6.45) is 0.625. The van der Waals surface area contributed by atoms with Crippen molar-refractivity contribution in [2.24, 2.45) is 0 Å². The van der Waals surface area contributed by atoms with E-state index < -0.39 is 23.7 Å². The second-order valence-corrected chi connectivity index (χ2v) is 12.1. The molecule has 0 radical (unpaired) electrons. The van der Waals surface area contributed by atoms with E-state index in [4.69, 9.17) is 18.9 Å². The number of nitrogens with zero attached hydrogens (tertiary/aromatic N) is 2. The van der Waals surface area contributed by atoms with E-state index in [1.165, 1.54) is 4.90 Å². The van der Waals surface area contributed by atoms with Crippen LogP contribution in [0.15, 0.2) is 72.3 Å². The molecular weight excluding hydrogens is 620 g/mol. The van der Waals surface area contributed by atoms with Crippen LogP contribution >= 0.6 is 11.3 Å². The number of carbonyl (C=O) groups excluding carboxylic acids is 3. The molecule has 2 aliphatic rings. The van der Waals surface area contributed by atoms with Crippen LogP contribution in [-0.2, 0) is 27.4 Å². The first-order valence-corrected chi connectivity index (χ1v) is 16.2. The predicted octanol–water partition coefficient (Wildman–Crippen LogP) is 6.56. The van der Waals surface area contributed by atoms with E-state index in [-0.39, 0.29) is 34.1 Å². The highest BCUT2D eigenvalue weighted by Gasteiger charge is 2.49. The second-order valence-electron chi connectivity index (χ2n) is 11.2.